The highest BCUT2D eigenvalue weighted by Crippen LogP contribution is 2.26. The average molecular weight is 343 g/mol. The first-order valence-corrected chi connectivity index (χ1v) is 9.86. The zero-order chi connectivity index (χ0) is 17.1. The molecule has 0 radical (unpaired) electrons. The summed E-state index contributed by atoms with van der Waals surface area (Å²) < 4.78 is 2.04. The summed E-state index contributed by atoms with van der Waals surface area (Å²) in [5.74, 6) is 0.566. The fourth-order valence-electron chi connectivity index (χ4n) is 4.36. The maximum Gasteiger partial charge on any atom is 0.226 e. The van der Waals surface area contributed by atoms with Crippen LogP contribution in [0.25, 0.3) is 0 Å². The Morgan fingerprint density at radius 3 is 2.60 bits per heavy atom. The Kier molecular flexibility index (Phi) is 5.15. The van der Waals surface area contributed by atoms with Crippen molar-refractivity contribution in [1.29, 1.82) is 0 Å². The first kappa shape index (κ1) is 16.8. The van der Waals surface area contributed by atoms with Gasteiger partial charge in [-0.05, 0) is 58.0 Å². The van der Waals surface area contributed by atoms with Gasteiger partial charge in [-0.25, -0.2) is 4.68 Å². The lowest BCUT2D eigenvalue weighted by Crippen LogP contribution is -2.42. The monoisotopic (exact) mass is 343 g/mol. The molecule has 6 heteroatoms. The van der Waals surface area contributed by atoms with E-state index in [9.17, 15) is 4.79 Å². The number of aromatic nitrogens is 3. The number of amides is 1. The standard InChI is InChI=1S/C19H29N5O/c25-19(16-6-2-1-3-7-16)23-12-8-18(9-13-23)24-15-17(20-21-24)14-22-10-4-5-11-22/h1-2,15-16,18H,3-14H2/t16-/m0/s1. The lowest BCUT2D eigenvalue weighted by Gasteiger charge is -2.34. The third-order valence-electron chi connectivity index (χ3n) is 5.91. The van der Waals surface area contributed by atoms with Crippen LogP contribution in [0.2, 0.25) is 0 Å². The molecular weight excluding hydrogens is 314 g/mol. The van der Waals surface area contributed by atoms with Crippen molar-refractivity contribution in [2.75, 3.05) is 26.2 Å². The van der Waals surface area contributed by atoms with Crippen LogP contribution < -0.4 is 0 Å². The highest BCUT2D eigenvalue weighted by molar-refractivity contribution is 5.79. The Morgan fingerprint density at radius 1 is 1.08 bits per heavy atom. The molecular formula is C19H29N5O. The second-order valence-corrected chi connectivity index (χ2v) is 7.71. The van der Waals surface area contributed by atoms with Gasteiger partial charge in [-0.15, -0.1) is 5.10 Å². The Balaban J connectivity index is 1.29. The van der Waals surface area contributed by atoms with Crippen LogP contribution in [0, 0.1) is 5.92 Å². The van der Waals surface area contributed by atoms with Crippen molar-refractivity contribution >= 4 is 5.91 Å². The fraction of sp³-hybridized carbons (Fsp3) is 0.737. The van der Waals surface area contributed by atoms with E-state index in [0.717, 1.165) is 57.4 Å². The number of likely N-dealkylation sites (tertiary alicyclic amines) is 2. The minimum absolute atomic E-state index is 0.208. The second-order valence-electron chi connectivity index (χ2n) is 7.71. The van der Waals surface area contributed by atoms with Gasteiger partial charge in [0.1, 0.15) is 0 Å². The molecule has 6 nitrogen and oxygen atoms in total. The second kappa shape index (κ2) is 7.68. The Labute approximate surface area is 149 Å². The number of nitrogens with zero attached hydrogens (tertiary/aromatic N) is 5. The maximum atomic E-state index is 12.6. The number of hydrogen-bond acceptors (Lipinski definition) is 4. The van der Waals surface area contributed by atoms with Crippen molar-refractivity contribution in [1.82, 2.24) is 24.8 Å². The first-order chi connectivity index (χ1) is 12.3. The predicted molar refractivity (Wildman–Crippen MR) is 95.9 cm³/mol. The summed E-state index contributed by atoms with van der Waals surface area (Å²) in [4.78, 5) is 17.2. The van der Waals surface area contributed by atoms with Crippen molar-refractivity contribution < 1.29 is 4.79 Å². The summed E-state index contributed by atoms with van der Waals surface area (Å²) in [5, 5.41) is 8.73. The highest BCUT2D eigenvalue weighted by atomic mass is 16.2. The van der Waals surface area contributed by atoms with Gasteiger partial charge in [0.15, 0.2) is 0 Å². The molecule has 1 atom stereocenters. The van der Waals surface area contributed by atoms with Gasteiger partial charge in [-0.3, -0.25) is 9.69 Å². The summed E-state index contributed by atoms with van der Waals surface area (Å²) in [6.07, 6.45) is 14.0. The minimum atomic E-state index is 0.208. The fourth-order valence-corrected chi connectivity index (χ4v) is 4.36. The minimum Gasteiger partial charge on any atom is -0.342 e. The number of carbonyl (C=O) groups is 1. The first-order valence-electron chi connectivity index (χ1n) is 9.86. The van der Waals surface area contributed by atoms with E-state index in [-0.39, 0.29) is 5.92 Å². The van der Waals surface area contributed by atoms with Crippen LogP contribution in [0.1, 0.15) is 56.7 Å². The molecule has 0 bridgehead atoms. The highest BCUT2D eigenvalue weighted by Gasteiger charge is 2.29. The number of piperidine rings is 1. The molecule has 2 aliphatic heterocycles. The summed E-state index contributed by atoms with van der Waals surface area (Å²) in [5.41, 5.74) is 1.08. The van der Waals surface area contributed by atoms with E-state index in [4.69, 9.17) is 0 Å². The summed E-state index contributed by atoms with van der Waals surface area (Å²) >= 11 is 0. The van der Waals surface area contributed by atoms with E-state index >= 15 is 0 Å². The number of hydrogen-bond donors (Lipinski definition) is 0. The van der Waals surface area contributed by atoms with Crippen molar-refractivity contribution in [2.45, 2.75) is 57.5 Å². The van der Waals surface area contributed by atoms with Gasteiger partial charge in [-0.2, -0.15) is 0 Å². The molecule has 0 aromatic carbocycles. The smallest absolute Gasteiger partial charge is 0.226 e. The molecule has 1 aromatic heterocycles. The molecule has 0 spiro atoms. The Morgan fingerprint density at radius 2 is 1.88 bits per heavy atom. The van der Waals surface area contributed by atoms with Crippen LogP contribution >= 0.6 is 0 Å². The molecule has 0 N–H and O–H groups in total. The van der Waals surface area contributed by atoms with Crippen LogP contribution in [0.15, 0.2) is 18.3 Å². The zero-order valence-electron chi connectivity index (χ0n) is 15.0. The van der Waals surface area contributed by atoms with Crippen LogP contribution in [0.3, 0.4) is 0 Å². The Bertz CT molecular complexity index is 611. The molecule has 136 valence electrons. The van der Waals surface area contributed by atoms with E-state index in [2.05, 4.69) is 38.5 Å². The molecule has 1 amide bonds. The quantitative estimate of drug-likeness (QED) is 0.788. The van der Waals surface area contributed by atoms with E-state index < -0.39 is 0 Å². The van der Waals surface area contributed by atoms with Gasteiger partial charge >= 0.3 is 0 Å². The van der Waals surface area contributed by atoms with E-state index in [1.807, 2.05) is 4.68 Å². The largest absolute Gasteiger partial charge is 0.342 e. The summed E-state index contributed by atoms with van der Waals surface area (Å²) in [6.45, 7) is 5.00. The van der Waals surface area contributed by atoms with Crippen LogP contribution in [-0.2, 0) is 11.3 Å². The van der Waals surface area contributed by atoms with Gasteiger partial charge in [-0.1, -0.05) is 17.4 Å². The molecule has 0 unspecified atom stereocenters. The van der Waals surface area contributed by atoms with Crippen LogP contribution in [0.4, 0.5) is 0 Å². The van der Waals surface area contributed by atoms with Gasteiger partial charge in [0.05, 0.1) is 17.9 Å². The van der Waals surface area contributed by atoms with E-state index in [0.29, 0.717) is 11.9 Å². The molecule has 4 rings (SSSR count). The molecule has 0 saturated carbocycles. The Hall–Kier alpha value is -1.69. The van der Waals surface area contributed by atoms with Gasteiger partial charge < -0.3 is 4.90 Å². The number of allylic oxidation sites excluding steroid dienone is 2. The van der Waals surface area contributed by atoms with Gasteiger partial charge in [0, 0.05) is 25.6 Å². The molecule has 1 aliphatic carbocycles. The van der Waals surface area contributed by atoms with E-state index in [1.165, 1.54) is 25.9 Å². The van der Waals surface area contributed by atoms with Crippen molar-refractivity contribution in [3.63, 3.8) is 0 Å². The number of carbonyl (C=O) groups excluding carboxylic acids is 1. The molecule has 3 heterocycles. The maximum absolute atomic E-state index is 12.6. The summed E-state index contributed by atoms with van der Waals surface area (Å²) in [7, 11) is 0. The lowest BCUT2D eigenvalue weighted by atomic mass is 9.92. The molecule has 25 heavy (non-hydrogen) atoms. The third kappa shape index (κ3) is 3.94. The SMILES string of the molecule is O=C([C@H]1CC=CCC1)N1CCC(n2cc(CN3CCCC3)nn2)CC1. The van der Waals surface area contributed by atoms with Crippen molar-refractivity contribution in [3.05, 3.63) is 24.0 Å². The zero-order valence-corrected chi connectivity index (χ0v) is 15.0. The van der Waals surface area contributed by atoms with Crippen LogP contribution in [0.5, 0.6) is 0 Å². The molecule has 2 fully saturated rings. The summed E-state index contributed by atoms with van der Waals surface area (Å²) in [6, 6.07) is 0.384. The van der Waals surface area contributed by atoms with Crippen LogP contribution in [-0.4, -0.2) is 56.9 Å². The van der Waals surface area contributed by atoms with Gasteiger partial charge in [0.25, 0.3) is 0 Å². The third-order valence-corrected chi connectivity index (χ3v) is 5.91. The van der Waals surface area contributed by atoms with Crippen molar-refractivity contribution in [2.24, 2.45) is 5.92 Å². The number of rotatable bonds is 4. The molecule has 3 aliphatic rings. The predicted octanol–water partition coefficient (Wildman–Crippen LogP) is 2.39. The van der Waals surface area contributed by atoms with Gasteiger partial charge in [0.2, 0.25) is 5.91 Å². The average Bonchev–Trinajstić information content (AvgIpc) is 3.35. The van der Waals surface area contributed by atoms with Crippen molar-refractivity contribution in [3.8, 4) is 0 Å². The lowest BCUT2D eigenvalue weighted by molar-refractivity contribution is -0.137. The molecule has 2 saturated heterocycles. The van der Waals surface area contributed by atoms with E-state index in [1.54, 1.807) is 0 Å². The topological polar surface area (TPSA) is 54.3 Å². The molecule has 1 aromatic rings. The normalized spacial score (nSPS) is 25.6.